The van der Waals surface area contributed by atoms with Crippen LogP contribution in [0, 0.1) is 5.82 Å². The summed E-state index contributed by atoms with van der Waals surface area (Å²) in [6, 6.07) is 18.8. The van der Waals surface area contributed by atoms with Gasteiger partial charge in [-0.1, -0.05) is 61.2 Å². The van der Waals surface area contributed by atoms with E-state index in [1.165, 1.54) is 4.90 Å². The van der Waals surface area contributed by atoms with Crippen molar-refractivity contribution < 1.29 is 22.4 Å². The second kappa shape index (κ2) is 13.3. The molecule has 0 spiro atoms. The van der Waals surface area contributed by atoms with Gasteiger partial charge in [0.1, 0.15) is 18.4 Å². The van der Waals surface area contributed by atoms with Crippen LogP contribution in [-0.4, -0.2) is 43.8 Å². The molecule has 7 nitrogen and oxygen atoms in total. The molecule has 0 bridgehead atoms. The van der Waals surface area contributed by atoms with Crippen LogP contribution in [0.3, 0.4) is 0 Å². The third-order valence-electron chi connectivity index (χ3n) is 7.09. The molecule has 1 unspecified atom stereocenters. The molecule has 1 N–H and O–H groups in total. The summed E-state index contributed by atoms with van der Waals surface area (Å²) in [6.07, 6.45) is 4.99. The molecule has 3 aromatic rings. The Balaban J connectivity index is 1.65. The van der Waals surface area contributed by atoms with Gasteiger partial charge < -0.3 is 10.2 Å². The standard InChI is InChI=1S/C30H33ClFN3O4S/c1-22(30(37)33-26-11-4-2-5-12-26)34(20-23-9-8-10-24(31)19-23)29(36)21-35(27-13-6-3-7-14-27)40(38,39)28-17-15-25(32)16-18-28/h3,6-10,13-19,22,26H,2,4-5,11-12,20-21H2,1H3,(H,33,37). The van der Waals surface area contributed by atoms with Gasteiger partial charge in [0.15, 0.2) is 0 Å². The molecule has 0 aliphatic heterocycles. The highest BCUT2D eigenvalue weighted by molar-refractivity contribution is 7.92. The summed E-state index contributed by atoms with van der Waals surface area (Å²) in [5.74, 6) is -1.44. The van der Waals surface area contributed by atoms with Gasteiger partial charge in [-0.25, -0.2) is 12.8 Å². The molecule has 0 aromatic heterocycles. The lowest BCUT2D eigenvalue weighted by molar-refractivity contribution is -0.139. The van der Waals surface area contributed by atoms with Crippen LogP contribution < -0.4 is 9.62 Å². The van der Waals surface area contributed by atoms with E-state index in [4.69, 9.17) is 11.6 Å². The van der Waals surface area contributed by atoms with Crippen LogP contribution in [0.25, 0.3) is 0 Å². The van der Waals surface area contributed by atoms with Gasteiger partial charge in [-0.15, -0.1) is 0 Å². The first-order valence-corrected chi connectivity index (χ1v) is 15.1. The van der Waals surface area contributed by atoms with E-state index in [0.29, 0.717) is 10.6 Å². The number of carbonyl (C=O) groups is 2. The summed E-state index contributed by atoms with van der Waals surface area (Å²) in [4.78, 5) is 28.5. The zero-order valence-electron chi connectivity index (χ0n) is 22.3. The molecular formula is C30H33ClFN3O4S. The molecule has 1 atom stereocenters. The first kappa shape index (κ1) is 29.6. The fourth-order valence-corrected chi connectivity index (χ4v) is 6.47. The number of hydrogen-bond acceptors (Lipinski definition) is 4. The van der Waals surface area contributed by atoms with Crippen LogP contribution in [0.5, 0.6) is 0 Å². The number of sulfonamides is 1. The van der Waals surface area contributed by atoms with Crippen LogP contribution in [0.4, 0.5) is 10.1 Å². The molecule has 40 heavy (non-hydrogen) atoms. The molecule has 1 saturated carbocycles. The van der Waals surface area contributed by atoms with Crippen molar-refractivity contribution in [3.63, 3.8) is 0 Å². The smallest absolute Gasteiger partial charge is 0.264 e. The zero-order valence-corrected chi connectivity index (χ0v) is 23.9. The molecule has 2 amide bonds. The summed E-state index contributed by atoms with van der Waals surface area (Å²) in [5.41, 5.74) is 0.966. The van der Waals surface area contributed by atoms with E-state index in [2.05, 4.69) is 5.32 Å². The van der Waals surface area contributed by atoms with Gasteiger partial charge in [0.2, 0.25) is 11.8 Å². The Kier molecular flexibility index (Phi) is 9.81. The SMILES string of the molecule is CC(C(=O)NC1CCCCC1)N(Cc1cccc(Cl)c1)C(=O)CN(c1ccccc1)S(=O)(=O)c1ccc(F)cc1. The molecule has 212 valence electrons. The minimum Gasteiger partial charge on any atom is -0.352 e. The number of hydrogen-bond donors (Lipinski definition) is 1. The van der Waals surface area contributed by atoms with Crippen molar-refractivity contribution in [3.8, 4) is 0 Å². The number of nitrogens with one attached hydrogen (secondary N) is 1. The van der Waals surface area contributed by atoms with Crippen molar-refractivity contribution in [2.45, 2.75) is 62.6 Å². The number of benzene rings is 3. The normalized spacial score (nSPS) is 14.8. The lowest BCUT2D eigenvalue weighted by Gasteiger charge is -2.33. The van der Waals surface area contributed by atoms with E-state index in [-0.39, 0.29) is 29.1 Å². The van der Waals surface area contributed by atoms with Gasteiger partial charge >= 0.3 is 0 Å². The summed E-state index contributed by atoms with van der Waals surface area (Å²) < 4.78 is 42.0. The Labute approximate surface area is 240 Å². The van der Waals surface area contributed by atoms with Crippen LogP contribution in [0.15, 0.2) is 83.8 Å². The first-order chi connectivity index (χ1) is 19.1. The van der Waals surface area contributed by atoms with E-state index in [9.17, 15) is 22.4 Å². The largest absolute Gasteiger partial charge is 0.352 e. The fourth-order valence-electron chi connectivity index (χ4n) is 4.84. The van der Waals surface area contributed by atoms with Crippen LogP contribution in [-0.2, 0) is 26.2 Å². The number of carbonyl (C=O) groups excluding carboxylic acids is 2. The highest BCUT2D eigenvalue weighted by atomic mass is 35.5. The number of para-hydroxylation sites is 1. The van der Waals surface area contributed by atoms with E-state index in [0.717, 1.165) is 60.7 Å². The van der Waals surface area contributed by atoms with Crippen LogP contribution in [0.1, 0.15) is 44.6 Å². The molecule has 4 rings (SSSR count). The van der Waals surface area contributed by atoms with Crippen LogP contribution in [0.2, 0.25) is 5.02 Å². The summed E-state index contributed by atoms with van der Waals surface area (Å²) >= 11 is 6.19. The lowest BCUT2D eigenvalue weighted by atomic mass is 9.95. The Morgan fingerprint density at radius 2 is 1.65 bits per heavy atom. The molecule has 1 aliphatic rings. The quantitative estimate of drug-likeness (QED) is 0.338. The predicted octanol–water partition coefficient (Wildman–Crippen LogP) is 5.54. The average molecular weight is 586 g/mol. The number of amides is 2. The first-order valence-electron chi connectivity index (χ1n) is 13.3. The second-order valence-electron chi connectivity index (χ2n) is 9.97. The fraction of sp³-hybridized carbons (Fsp3) is 0.333. The molecule has 0 saturated heterocycles. The minimum atomic E-state index is -4.25. The van der Waals surface area contributed by atoms with Gasteiger partial charge in [-0.05, 0) is 73.9 Å². The lowest BCUT2D eigenvalue weighted by Crippen LogP contribution is -2.53. The van der Waals surface area contributed by atoms with E-state index in [1.54, 1.807) is 61.5 Å². The monoisotopic (exact) mass is 585 g/mol. The van der Waals surface area contributed by atoms with Gasteiger partial charge in [0.25, 0.3) is 10.0 Å². The predicted molar refractivity (Wildman–Crippen MR) is 154 cm³/mol. The number of halogens is 2. The Bertz CT molecular complexity index is 1410. The van der Waals surface area contributed by atoms with Crippen molar-refractivity contribution >= 4 is 39.1 Å². The van der Waals surface area contributed by atoms with Crippen molar-refractivity contribution in [2.24, 2.45) is 0 Å². The maximum atomic E-state index is 13.9. The number of anilines is 1. The van der Waals surface area contributed by atoms with Crippen molar-refractivity contribution in [2.75, 3.05) is 10.8 Å². The van der Waals surface area contributed by atoms with Gasteiger partial charge in [0, 0.05) is 17.6 Å². The molecule has 1 aliphatic carbocycles. The van der Waals surface area contributed by atoms with Gasteiger partial charge in [0.05, 0.1) is 10.6 Å². The topological polar surface area (TPSA) is 86.8 Å². The third kappa shape index (κ3) is 7.40. The molecular weight excluding hydrogens is 553 g/mol. The van der Waals surface area contributed by atoms with Gasteiger partial charge in [-0.3, -0.25) is 13.9 Å². The maximum absolute atomic E-state index is 13.9. The molecule has 0 radical (unpaired) electrons. The third-order valence-corrected chi connectivity index (χ3v) is 9.11. The Hall–Kier alpha value is -3.43. The summed E-state index contributed by atoms with van der Waals surface area (Å²) in [5, 5.41) is 3.55. The van der Waals surface area contributed by atoms with Crippen molar-refractivity contribution in [1.29, 1.82) is 0 Å². The Morgan fingerprint density at radius 3 is 2.30 bits per heavy atom. The highest BCUT2D eigenvalue weighted by Gasteiger charge is 2.33. The van der Waals surface area contributed by atoms with Crippen molar-refractivity contribution in [1.82, 2.24) is 10.2 Å². The molecule has 3 aromatic carbocycles. The summed E-state index contributed by atoms with van der Waals surface area (Å²) in [6.45, 7) is 1.13. The average Bonchev–Trinajstić information content (AvgIpc) is 2.95. The molecule has 10 heteroatoms. The van der Waals surface area contributed by atoms with E-state index in [1.807, 2.05) is 0 Å². The molecule has 0 heterocycles. The van der Waals surface area contributed by atoms with Crippen LogP contribution >= 0.6 is 11.6 Å². The molecule has 1 fully saturated rings. The second-order valence-corrected chi connectivity index (χ2v) is 12.3. The van der Waals surface area contributed by atoms with E-state index < -0.39 is 34.3 Å². The van der Waals surface area contributed by atoms with Crippen molar-refractivity contribution in [3.05, 3.63) is 95.3 Å². The maximum Gasteiger partial charge on any atom is 0.264 e. The minimum absolute atomic E-state index is 0.0477. The highest BCUT2D eigenvalue weighted by Crippen LogP contribution is 2.25. The zero-order chi connectivity index (χ0) is 28.7. The Morgan fingerprint density at radius 1 is 0.975 bits per heavy atom. The summed E-state index contributed by atoms with van der Waals surface area (Å²) in [7, 11) is -4.25. The van der Waals surface area contributed by atoms with E-state index >= 15 is 0 Å². The van der Waals surface area contributed by atoms with Gasteiger partial charge in [-0.2, -0.15) is 0 Å². The number of nitrogens with zero attached hydrogens (tertiary/aromatic N) is 2. The number of rotatable bonds is 10.